The standard InChI is InChI=1S/C28H20BrN3O6/c1-38-22-12-10-16(13-19(22)29)26(33)25-24-23(21-11-9-15-5-2-3-8-20(15)31(21)25)27(34)30(28(24)35)17-6-4-7-18(14-17)32(36)37/h2-14,21,23-25H,1H3/t21-,23-,24-,25+/m1/s1. The van der Waals surface area contributed by atoms with E-state index in [4.69, 9.17) is 4.74 Å². The molecule has 6 rings (SSSR count). The number of amides is 2. The van der Waals surface area contributed by atoms with Crippen molar-refractivity contribution in [3.05, 3.63) is 98.5 Å². The zero-order valence-electron chi connectivity index (χ0n) is 20.0. The number of hydrogen-bond donors (Lipinski definition) is 0. The van der Waals surface area contributed by atoms with Crippen molar-refractivity contribution in [2.24, 2.45) is 11.8 Å². The largest absolute Gasteiger partial charge is 0.496 e. The second-order valence-electron chi connectivity index (χ2n) is 9.31. The summed E-state index contributed by atoms with van der Waals surface area (Å²) in [6.45, 7) is 0. The van der Waals surface area contributed by atoms with Crippen molar-refractivity contribution >= 4 is 56.7 Å². The highest BCUT2D eigenvalue weighted by atomic mass is 79.9. The lowest BCUT2D eigenvalue weighted by molar-refractivity contribution is -0.384. The first-order chi connectivity index (χ1) is 18.3. The van der Waals surface area contributed by atoms with E-state index in [1.54, 1.807) is 18.2 Å². The summed E-state index contributed by atoms with van der Waals surface area (Å²) in [5, 5.41) is 11.3. The zero-order valence-corrected chi connectivity index (χ0v) is 21.6. The van der Waals surface area contributed by atoms with Gasteiger partial charge >= 0.3 is 0 Å². The third-order valence-corrected chi connectivity index (χ3v) is 8.04. The fourth-order valence-electron chi connectivity index (χ4n) is 5.80. The molecule has 0 unspecified atom stereocenters. The third-order valence-electron chi connectivity index (χ3n) is 7.42. The van der Waals surface area contributed by atoms with E-state index >= 15 is 0 Å². The first-order valence-electron chi connectivity index (χ1n) is 11.9. The number of Topliss-reactive ketones (excluding diaryl/α,β-unsaturated/α-hetero) is 1. The number of carbonyl (C=O) groups excluding carboxylic acids is 3. The molecule has 0 spiro atoms. The maximum Gasteiger partial charge on any atom is 0.271 e. The highest BCUT2D eigenvalue weighted by Gasteiger charge is 2.64. The molecule has 0 N–H and O–H groups in total. The van der Waals surface area contributed by atoms with Gasteiger partial charge in [0.2, 0.25) is 11.8 Å². The van der Waals surface area contributed by atoms with Crippen LogP contribution in [0.3, 0.4) is 0 Å². The van der Waals surface area contributed by atoms with Crippen LogP contribution in [0.2, 0.25) is 0 Å². The van der Waals surface area contributed by atoms with Crippen LogP contribution in [0, 0.1) is 22.0 Å². The molecule has 2 saturated heterocycles. The molecule has 3 heterocycles. The molecule has 0 radical (unpaired) electrons. The predicted octanol–water partition coefficient (Wildman–Crippen LogP) is 4.64. The molecular weight excluding hydrogens is 554 g/mol. The topological polar surface area (TPSA) is 110 Å². The first kappa shape index (κ1) is 24.1. The molecule has 0 saturated carbocycles. The second-order valence-corrected chi connectivity index (χ2v) is 10.2. The highest BCUT2D eigenvalue weighted by molar-refractivity contribution is 9.10. The summed E-state index contributed by atoms with van der Waals surface area (Å²) in [7, 11) is 1.52. The van der Waals surface area contributed by atoms with Crippen LogP contribution in [-0.4, -0.2) is 41.7 Å². The number of nitro groups is 1. The van der Waals surface area contributed by atoms with Gasteiger partial charge in [0.15, 0.2) is 5.78 Å². The van der Waals surface area contributed by atoms with Gasteiger partial charge < -0.3 is 9.64 Å². The fraction of sp³-hybridized carbons (Fsp3) is 0.179. The maximum absolute atomic E-state index is 14.1. The minimum Gasteiger partial charge on any atom is -0.496 e. The molecule has 0 aliphatic carbocycles. The van der Waals surface area contributed by atoms with E-state index in [-0.39, 0.29) is 17.2 Å². The molecule has 0 bridgehead atoms. The predicted molar refractivity (Wildman–Crippen MR) is 143 cm³/mol. The van der Waals surface area contributed by atoms with Crippen molar-refractivity contribution in [1.82, 2.24) is 0 Å². The van der Waals surface area contributed by atoms with Crippen LogP contribution in [0.5, 0.6) is 5.75 Å². The second kappa shape index (κ2) is 8.91. The summed E-state index contributed by atoms with van der Waals surface area (Å²) in [6.07, 6.45) is 3.76. The molecule has 0 aromatic heterocycles. The van der Waals surface area contributed by atoms with Crippen molar-refractivity contribution in [3.63, 3.8) is 0 Å². The van der Waals surface area contributed by atoms with Gasteiger partial charge in [-0.15, -0.1) is 0 Å². The van der Waals surface area contributed by atoms with Crippen LogP contribution in [0.1, 0.15) is 15.9 Å². The molecule has 10 heteroatoms. The number of halogens is 1. The third kappa shape index (κ3) is 3.47. The molecule has 2 amide bonds. The number of ether oxygens (including phenoxy) is 1. The molecule has 3 aliphatic rings. The molecule has 3 aromatic carbocycles. The number of para-hydroxylation sites is 1. The molecule has 4 atom stereocenters. The number of anilines is 2. The van der Waals surface area contributed by atoms with Gasteiger partial charge in [-0.1, -0.05) is 36.4 Å². The van der Waals surface area contributed by atoms with Gasteiger partial charge in [0.1, 0.15) is 11.8 Å². The summed E-state index contributed by atoms with van der Waals surface area (Å²) in [5.74, 6) is -2.59. The number of hydrogen-bond acceptors (Lipinski definition) is 7. The van der Waals surface area contributed by atoms with Crippen molar-refractivity contribution in [2.75, 3.05) is 16.9 Å². The summed E-state index contributed by atoms with van der Waals surface area (Å²) >= 11 is 3.43. The lowest BCUT2D eigenvalue weighted by Crippen LogP contribution is -2.48. The van der Waals surface area contributed by atoms with Gasteiger partial charge in [0, 0.05) is 23.4 Å². The number of imide groups is 1. The molecule has 3 aliphatic heterocycles. The maximum atomic E-state index is 14.1. The lowest BCUT2D eigenvalue weighted by atomic mass is 9.86. The molecule has 190 valence electrons. The molecule has 38 heavy (non-hydrogen) atoms. The summed E-state index contributed by atoms with van der Waals surface area (Å²) in [6, 6.07) is 16.4. The Morgan fingerprint density at radius 2 is 1.76 bits per heavy atom. The molecule has 2 fully saturated rings. The quantitative estimate of drug-likeness (QED) is 0.189. The number of non-ortho nitro benzene ring substituents is 1. The zero-order chi connectivity index (χ0) is 26.7. The van der Waals surface area contributed by atoms with Crippen LogP contribution < -0.4 is 14.5 Å². The summed E-state index contributed by atoms with van der Waals surface area (Å²) in [5.41, 5.74) is 1.90. The van der Waals surface area contributed by atoms with E-state index in [1.807, 2.05) is 41.3 Å². The van der Waals surface area contributed by atoms with Crippen molar-refractivity contribution < 1.29 is 24.0 Å². The monoisotopic (exact) mass is 573 g/mol. The fourth-order valence-corrected chi connectivity index (χ4v) is 6.34. The number of fused-ring (bicyclic) bond motifs is 5. The average Bonchev–Trinajstić information content (AvgIpc) is 3.40. The van der Waals surface area contributed by atoms with Gasteiger partial charge in [-0.3, -0.25) is 24.5 Å². The van der Waals surface area contributed by atoms with E-state index in [1.165, 1.54) is 31.4 Å². The lowest BCUT2D eigenvalue weighted by Gasteiger charge is -2.36. The van der Waals surface area contributed by atoms with Crippen LogP contribution in [-0.2, 0) is 9.59 Å². The van der Waals surface area contributed by atoms with Crippen LogP contribution in [0.4, 0.5) is 17.1 Å². The Kier molecular flexibility index (Phi) is 5.64. The van der Waals surface area contributed by atoms with Crippen molar-refractivity contribution in [1.29, 1.82) is 0 Å². The Morgan fingerprint density at radius 1 is 1.00 bits per heavy atom. The van der Waals surface area contributed by atoms with Gasteiger partial charge in [0.05, 0.1) is 40.1 Å². The van der Waals surface area contributed by atoms with E-state index in [2.05, 4.69) is 15.9 Å². The number of ketones is 1. The van der Waals surface area contributed by atoms with Crippen LogP contribution >= 0.6 is 15.9 Å². The van der Waals surface area contributed by atoms with E-state index in [9.17, 15) is 24.5 Å². The Bertz CT molecular complexity index is 1570. The first-order valence-corrected chi connectivity index (χ1v) is 12.7. The minimum atomic E-state index is -0.976. The number of rotatable bonds is 5. The minimum absolute atomic E-state index is 0.119. The van der Waals surface area contributed by atoms with E-state index in [0.29, 0.717) is 15.8 Å². The van der Waals surface area contributed by atoms with Gasteiger partial charge in [-0.2, -0.15) is 0 Å². The smallest absolute Gasteiger partial charge is 0.271 e. The average molecular weight is 574 g/mol. The Labute approximate surface area is 225 Å². The number of benzene rings is 3. The van der Waals surface area contributed by atoms with Crippen molar-refractivity contribution in [2.45, 2.75) is 12.1 Å². The number of nitrogens with zero attached hydrogens (tertiary/aromatic N) is 3. The molecule has 3 aromatic rings. The normalized spacial score (nSPS) is 23.2. The highest BCUT2D eigenvalue weighted by Crippen LogP contribution is 2.50. The molecule has 9 nitrogen and oxygen atoms in total. The SMILES string of the molecule is COc1ccc(C(=O)[C@@H]2[C@@H]3C(=O)N(c4cccc([N+](=O)[O-])c4)C(=O)[C@@H]3[C@H]3C=Cc4ccccc4N32)cc1Br. The van der Waals surface area contributed by atoms with Crippen LogP contribution in [0.15, 0.2) is 77.3 Å². The van der Waals surface area contributed by atoms with E-state index in [0.717, 1.165) is 16.2 Å². The van der Waals surface area contributed by atoms with Crippen LogP contribution in [0.25, 0.3) is 6.08 Å². The summed E-state index contributed by atoms with van der Waals surface area (Å²) < 4.78 is 5.88. The Morgan fingerprint density at radius 3 is 2.50 bits per heavy atom. The van der Waals surface area contributed by atoms with E-state index < -0.39 is 40.7 Å². The van der Waals surface area contributed by atoms with Gasteiger partial charge in [-0.25, -0.2) is 4.90 Å². The Hall–Kier alpha value is -4.31. The van der Waals surface area contributed by atoms with Crippen molar-refractivity contribution in [3.8, 4) is 5.75 Å². The number of carbonyl (C=O) groups is 3. The molecular formula is C28H20BrN3O6. The van der Waals surface area contributed by atoms with Gasteiger partial charge in [-0.05, 0) is 51.8 Å². The summed E-state index contributed by atoms with van der Waals surface area (Å²) in [4.78, 5) is 55.6. The Balaban J connectivity index is 1.48. The van der Waals surface area contributed by atoms with Gasteiger partial charge in [0.25, 0.3) is 5.69 Å². The number of nitro benzene ring substituents is 1. The number of methoxy groups -OCH3 is 1.